The van der Waals surface area contributed by atoms with Gasteiger partial charge in [-0.05, 0) is 38.0 Å². The molecule has 1 atom stereocenters. The van der Waals surface area contributed by atoms with Crippen molar-refractivity contribution in [2.75, 3.05) is 0 Å². The molecule has 0 amide bonds. The molecular weight excluding hydrogens is 355 g/mol. The van der Waals surface area contributed by atoms with E-state index in [0.717, 1.165) is 12.8 Å². The third-order valence-corrected chi connectivity index (χ3v) is 5.23. The van der Waals surface area contributed by atoms with Crippen LogP contribution in [0.4, 0.5) is 4.39 Å². The summed E-state index contributed by atoms with van der Waals surface area (Å²) in [5.74, 6) is -1.29. The Morgan fingerprint density at radius 3 is 2.46 bits per heavy atom. The van der Waals surface area contributed by atoms with Crippen LogP contribution in [0.1, 0.15) is 48.5 Å². The van der Waals surface area contributed by atoms with Gasteiger partial charge >= 0.3 is 5.97 Å². The van der Waals surface area contributed by atoms with Gasteiger partial charge < -0.3 is 4.74 Å². The SMILES string of the molecule is CC(OC(=O)C1(c2ccccc2F)CCCC1)C(=O)c1cccc(Cl)c1. The Labute approximate surface area is 157 Å². The van der Waals surface area contributed by atoms with Gasteiger partial charge in [0.2, 0.25) is 5.78 Å². The Morgan fingerprint density at radius 2 is 1.81 bits per heavy atom. The molecule has 2 aromatic rings. The zero-order valence-electron chi connectivity index (χ0n) is 14.5. The molecule has 1 aliphatic carbocycles. The number of halogens is 2. The highest BCUT2D eigenvalue weighted by Crippen LogP contribution is 2.43. The molecule has 0 aliphatic heterocycles. The second kappa shape index (κ2) is 7.58. The van der Waals surface area contributed by atoms with Crippen LogP contribution in [-0.4, -0.2) is 17.9 Å². The Kier molecular flexibility index (Phi) is 5.42. The van der Waals surface area contributed by atoms with E-state index in [9.17, 15) is 14.0 Å². The number of ether oxygens (including phenoxy) is 1. The number of hydrogen-bond donors (Lipinski definition) is 0. The van der Waals surface area contributed by atoms with Crippen molar-refractivity contribution in [1.29, 1.82) is 0 Å². The fourth-order valence-electron chi connectivity index (χ4n) is 3.61. The van der Waals surface area contributed by atoms with Crippen LogP contribution in [0.2, 0.25) is 5.02 Å². The topological polar surface area (TPSA) is 43.4 Å². The molecule has 3 rings (SSSR count). The minimum atomic E-state index is -1.02. The maximum absolute atomic E-state index is 14.4. The summed E-state index contributed by atoms with van der Waals surface area (Å²) >= 11 is 5.92. The molecule has 26 heavy (non-hydrogen) atoms. The van der Waals surface area contributed by atoms with Crippen molar-refractivity contribution >= 4 is 23.4 Å². The van der Waals surface area contributed by atoms with Crippen LogP contribution < -0.4 is 0 Å². The Morgan fingerprint density at radius 1 is 1.12 bits per heavy atom. The summed E-state index contributed by atoms with van der Waals surface area (Å²) in [4.78, 5) is 25.5. The molecular formula is C21H20ClFO3. The highest BCUT2D eigenvalue weighted by molar-refractivity contribution is 6.31. The average Bonchev–Trinajstić information content (AvgIpc) is 3.12. The third kappa shape index (κ3) is 3.51. The predicted molar refractivity (Wildman–Crippen MR) is 97.9 cm³/mol. The average molecular weight is 375 g/mol. The van der Waals surface area contributed by atoms with Crippen molar-refractivity contribution in [2.24, 2.45) is 0 Å². The van der Waals surface area contributed by atoms with E-state index in [1.54, 1.807) is 36.4 Å². The van der Waals surface area contributed by atoms with E-state index in [1.165, 1.54) is 19.1 Å². The second-order valence-electron chi connectivity index (χ2n) is 6.69. The van der Waals surface area contributed by atoms with Crippen LogP contribution in [0, 0.1) is 5.82 Å². The zero-order chi connectivity index (χ0) is 18.7. The standard InChI is InChI=1S/C21H20ClFO3/c1-14(19(24)15-7-6-8-16(22)13-15)26-20(25)21(11-4-5-12-21)17-9-2-3-10-18(17)23/h2-3,6-10,13-14H,4-5,11-12H2,1H3. The number of carbonyl (C=O) groups excluding carboxylic acids is 2. The lowest BCUT2D eigenvalue weighted by Gasteiger charge is -2.29. The number of ketones is 1. The maximum Gasteiger partial charge on any atom is 0.317 e. The zero-order valence-corrected chi connectivity index (χ0v) is 15.3. The van der Waals surface area contributed by atoms with Gasteiger partial charge in [0.15, 0.2) is 6.10 Å². The summed E-state index contributed by atoms with van der Waals surface area (Å²) in [7, 11) is 0. The van der Waals surface area contributed by atoms with E-state index < -0.39 is 23.3 Å². The minimum absolute atomic E-state index is 0.331. The van der Waals surface area contributed by atoms with Crippen LogP contribution in [0.3, 0.4) is 0 Å². The Bertz CT molecular complexity index is 828. The third-order valence-electron chi connectivity index (χ3n) is 5.00. The highest BCUT2D eigenvalue weighted by atomic mass is 35.5. The second-order valence-corrected chi connectivity index (χ2v) is 7.13. The lowest BCUT2D eigenvalue weighted by Crippen LogP contribution is -2.39. The maximum atomic E-state index is 14.4. The van der Waals surface area contributed by atoms with Crippen LogP contribution in [-0.2, 0) is 14.9 Å². The van der Waals surface area contributed by atoms with E-state index in [-0.39, 0.29) is 5.78 Å². The van der Waals surface area contributed by atoms with Gasteiger partial charge in [-0.2, -0.15) is 0 Å². The molecule has 1 fully saturated rings. The molecule has 1 aliphatic rings. The molecule has 1 unspecified atom stereocenters. The summed E-state index contributed by atoms with van der Waals surface area (Å²) in [5.41, 5.74) is -0.289. The van der Waals surface area contributed by atoms with Gasteiger partial charge in [-0.25, -0.2) is 4.39 Å². The number of benzene rings is 2. The highest BCUT2D eigenvalue weighted by Gasteiger charge is 2.46. The van der Waals surface area contributed by atoms with Crippen molar-refractivity contribution in [1.82, 2.24) is 0 Å². The molecule has 0 spiro atoms. The molecule has 0 N–H and O–H groups in total. The monoisotopic (exact) mass is 374 g/mol. The fourth-order valence-corrected chi connectivity index (χ4v) is 3.80. The lowest BCUT2D eigenvalue weighted by atomic mass is 9.78. The van der Waals surface area contributed by atoms with Crippen LogP contribution >= 0.6 is 11.6 Å². The fraction of sp³-hybridized carbons (Fsp3) is 0.333. The van der Waals surface area contributed by atoms with Gasteiger partial charge in [0.1, 0.15) is 5.82 Å². The van der Waals surface area contributed by atoms with Crippen molar-refractivity contribution in [3.05, 3.63) is 70.5 Å². The van der Waals surface area contributed by atoms with Gasteiger partial charge in [-0.1, -0.05) is 54.8 Å². The van der Waals surface area contributed by atoms with Crippen molar-refractivity contribution in [3.63, 3.8) is 0 Å². The smallest absolute Gasteiger partial charge is 0.317 e. The molecule has 0 radical (unpaired) electrons. The molecule has 0 bridgehead atoms. The van der Waals surface area contributed by atoms with Crippen LogP contribution in [0.5, 0.6) is 0 Å². The van der Waals surface area contributed by atoms with E-state index in [2.05, 4.69) is 0 Å². The first-order valence-corrected chi connectivity index (χ1v) is 9.08. The van der Waals surface area contributed by atoms with Crippen LogP contribution in [0.25, 0.3) is 0 Å². The van der Waals surface area contributed by atoms with E-state index in [0.29, 0.717) is 29.0 Å². The van der Waals surface area contributed by atoms with Gasteiger partial charge in [0.05, 0.1) is 5.41 Å². The summed E-state index contributed by atoms with van der Waals surface area (Å²) < 4.78 is 19.9. The number of hydrogen-bond acceptors (Lipinski definition) is 3. The normalized spacial score (nSPS) is 16.9. The number of carbonyl (C=O) groups is 2. The van der Waals surface area contributed by atoms with E-state index in [1.807, 2.05) is 0 Å². The van der Waals surface area contributed by atoms with Crippen LogP contribution in [0.15, 0.2) is 48.5 Å². The quantitative estimate of drug-likeness (QED) is 0.539. The molecule has 1 saturated carbocycles. The van der Waals surface area contributed by atoms with Crippen molar-refractivity contribution in [2.45, 2.75) is 44.1 Å². The first kappa shape index (κ1) is 18.6. The molecule has 3 nitrogen and oxygen atoms in total. The predicted octanol–water partition coefficient (Wildman–Crippen LogP) is 5.11. The Balaban J connectivity index is 1.83. The summed E-state index contributed by atoms with van der Waals surface area (Å²) in [6.07, 6.45) is 1.71. The van der Waals surface area contributed by atoms with Crippen molar-refractivity contribution < 1.29 is 18.7 Å². The number of esters is 1. The first-order valence-electron chi connectivity index (χ1n) is 8.70. The summed E-state index contributed by atoms with van der Waals surface area (Å²) in [6.45, 7) is 1.53. The van der Waals surface area contributed by atoms with Gasteiger partial charge in [-0.3, -0.25) is 9.59 Å². The van der Waals surface area contributed by atoms with Gasteiger partial charge in [-0.15, -0.1) is 0 Å². The van der Waals surface area contributed by atoms with E-state index in [4.69, 9.17) is 16.3 Å². The summed E-state index contributed by atoms with van der Waals surface area (Å²) in [5, 5.41) is 0.438. The van der Waals surface area contributed by atoms with Gasteiger partial charge in [0.25, 0.3) is 0 Å². The van der Waals surface area contributed by atoms with Gasteiger partial charge in [0, 0.05) is 16.1 Å². The molecule has 0 aromatic heterocycles. The Hall–Kier alpha value is -2.20. The molecule has 2 aromatic carbocycles. The number of rotatable bonds is 5. The molecule has 136 valence electrons. The number of Topliss-reactive ketones (excluding diaryl/α,β-unsaturated/α-hetero) is 1. The molecule has 0 saturated heterocycles. The summed E-state index contributed by atoms with van der Waals surface area (Å²) in [6, 6.07) is 12.8. The minimum Gasteiger partial charge on any atom is -0.454 e. The first-order chi connectivity index (χ1) is 12.4. The molecule has 0 heterocycles. The lowest BCUT2D eigenvalue weighted by molar-refractivity contribution is -0.153. The van der Waals surface area contributed by atoms with E-state index >= 15 is 0 Å². The van der Waals surface area contributed by atoms with Crippen molar-refractivity contribution in [3.8, 4) is 0 Å². The molecule has 5 heteroatoms. The largest absolute Gasteiger partial charge is 0.454 e.